The van der Waals surface area contributed by atoms with Crippen LogP contribution in [0.25, 0.3) is 16.7 Å². The SMILES string of the molecule is Cc1nc2c(N3CC4(CC4)OCC3=O)cc3c(N[C@H](C)c4cccc(C(F)F)c4F)ncnc3n2n1. The summed E-state index contributed by atoms with van der Waals surface area (Å²) in [6, 6.07) is 4.98. The molecule has 0 unspecified atom stereocenters. The van der Waals surface area contributed by atoms with Crippen molar-refractivity contribution >= 4 is 34.1 Å². The quantitative estimate of drug-likeness (QED) is 0.443. The molecule has 1 spiro atoms. The minimum Gasteiger partial charge on any atom is -0.363 e. The Morgan fingerprint density at radius 3 is 2.69 bits per heavy atom. The number of benzene rings is 1. The van der Waals surface area contributed by atoms with Crippen molar-refractivity contribution in [1.29, 1.82) is 0 Å². The van der Waals surface area contributed by atoms with Crippen LogP contribution < -0.4 is 10.2 Å². The molecule has 0 radical (unpaired) electrons. The summed E-state index contributed by atoms with van der Waals surface area (Å²) in [6.07, 6.45) is 0.161. The zero-order chi connectivity index (χ0) is 25.2. The standard InChI is InChI=1S/C24H22F3N7O2/c1-12(14-4-3-5-15(19(14)25)20(26)27)30-21-16-8-17(33-10-24(6-7-24)36-9-18(33)35)23-31-13(2)32-34(23)22(16)29-11-28-21/h3-5,8,11-12,20H,6-7,9-10H2,1-2H3,(H,28,29,30)/t12-/m1/s1. The molecule has 1 saturated heterocycles. The number of halogens is 3. The van der Waals surface area contributed by atoms with Crippen molar-refractivity contribution in [3.8, 4) is 0 Å². The van der Waals surface area contributed by atoms with E-state index in [1.54, 1.807) is 29.3 Å². The highest BCUT2D eigenvalue weighted by atomic mass is 19.3. The van der Waals surface area contributed by atoms with Crippen molar-refractivity contribution < 1.29 is 22.7 Å². The number of fused-ring (bicyclic) bond motifs is 3. The van der Waals surface area contributed by atoms with Crippen molar-refractivity contribution in [2.45, 2.75) is 44.8 Å². The van der Waals surface area contributed by atoms with Crippen LogP contribution in [0.2, 0.25) is 0 Å². The molecule has 36 heavy (non-hydrogen) atoms. The third kappa shape index (κ3) is 3.63. The Bertz CT molecular complexity index is 1520. The van der Waals surface area contributed by atoms with Crippen LogP contribution in [-0.4, -0.2) is 49.2 Å². The van der Waals surface area contributed by atoms with Gasteiger partial charge in [-0.15, -0.1) is 5.10 Å². The molecule has 1 atom stereocenters. The third-order valence-electron chi connectivity index (χ3n) is 6.75. The molecule has 1 aliphatic carbocycles. The molecule has 4 aromatic rings. The summed E-state index contributed by atoms with van der Waals surface area (Å²) in [4.78, 5) is 27.8. The van der Waals surface area contributed by atoms with Crippen molar-refractivity contribution in [2.24, 2.45) is 0 Å². The number of pyridine rings is 1. The first-order valence-electron chi connectivity index (χ1n) is 11.5. The number of amides is 1. The monoisotopic (exact) mass is 497 g/mol. The lowest BCUT2D eigenvalue weighted by atomic mass is 10.0. The number of nitrogens with one attached hydrogen (secondary N) is 1. The Labute approximate surface area is 203 Å². The van der Waals surface area contributed by atoms with E-state index in [0.29, 0.717) is 40.6 Å². The molecule has 186 valence electrons. The van der Waals surface area contributed by atoms with Crippen LogP contribution in [0.5, 0.6) is 0 Å². The van der Waals surface area contributed by atoms with Crippen molar-refractivity contribution in [1.82, 2.24) is 24.6 Å². The molecule has 1 aromatic carbocycles. The fourth-order valence-corrected chi connectivity index (χ4v) is 4.66. The van der Waals surface area contributed by atoms with E-state index in [1.807, 2.05) is 0 Å². The number of nitrogens with zero attached hydrogens (tertiary/aromatic N) is 6. The van der Waals surface area contributed by atoms with Gasteiger partial charge in [0.15, 0.2) is 11.3 Å². The molecule has 2 fully saturated rings. The van der Waals surface area contributed by atoms with Crippen LogP contribution in [0.4, 0.5) is 24.7 Å². The molecule has 1 N–H and O–H groups in total. The number of rotatable bonds is 5. The number of hydrogen-bond acceptors (Lipinski definition) is 7. The predicted molar refractivity (Wildman–Crippen MR) is 124 cm³/mol. The number of ether oxygens (including phenoxy) is 1. The van der Waals surface area contributed by atoms with Gasteiger partial charge in [-0.05, 0) is 32.8 Å². The number of hydrogen-bond donors (Lipinski definition) is 1. The van der Waals surface area contributed by atoms with E-state index in [9.17, 15) is 18.0 Å². The summed E-state index contributed by atoms with van der Waals surface area (Å²) in [5.41, 5.74) is 0.540. The maximum atomic E-state index is 14.8. The molecule has 2 aliphatic rings. The summed E-state index contributed by atoms with van der Waals surface area (Å²) in [6.45, 7) is 3.78. The van der Waals surface area contributed by atoms with Gasteiger partial charge in [-0.3, -0.25) is 4.79 Å². The molecule has 0 bridgehead atoms. The second kappa shape index (κ2) is 8.12. The van der Waals surface area contributed by atoms with E-state index in [0.717, 1.165) is 18.9 Å². The van der Waals surface area contributed by atoms with Crippen molar-refractivity contribution in [3.63, 3.8) is 0 Å². The Kier molecular flexibility index (Phi) is 5.11. The van der Waals surface area contributed by atoms with Gasteiger partial charge in [-0.1, -0.05) is 18.2 Å². The minimum atomic E-state index is -2.93. The first-order chi connectivity index (χ1) is 17.3. The van der Waals surface area contributed by atoms with Crippen LogP contribution in [0, 0.1) is 12.7 Å². The van der Waals surface area contributed by atoms with Crippen LogP contribution in [0.15, 0.2) is 30.6 Å². The fourth-order valence-electron chi connectivity index (χ4n) is 4.66. The zero-order valence-corrected chi connectivity index (χ0v) is 19.5. The number of anilines is 2. The van der Waals surface area contributed by atoms with Crippen LogP contribution in [-0.2, 0) is 9.53 Å². The molecule has 9 nitrogen and oxygen atoms in total. The maximum absolute atomic E-state index is 14.8. The highest BCUT2D eigenvalue weighted by Gasteiger charge is 2.50. The van der Waals surface area contributed by atoms with Gasteiger partial charge in [0.2, 0.25) is 0 Å². The van der Waals surface area contributed by atoms with E-state index in [1.165, 1.54) is 18.5 Å². The minimum absolute atomic E-state index is 0.0233. The van der Waals surface area contributed by atoms with E-state index in [4.69, 9.17) is 4.74 Å². The molecule has 4 heterocycles. The van der Waals surface area contributed by atoms with E-state index in [2.05, 4.69) is 25.4 Å². The van der Waals surface area contributed by atoms with Crippen LogP contribution in [0.1, 0.15) is 49.2 Å². The molecule has 1 saturated carbocycles. The van der Waals surface area contributed by atoms with Crippen molar-refractivity contribution in [3.05, 3.63) is 53.4 Å². The summed E-state index contributed by atoms with van der Waals surface area (Å²) in [7, 11) is 0. The van der Waals surface area contributed by atoms with Gasteiger partial charge in [-0.25, -0.2) is 28.1 Å². The van der Waals surface area contributed by atoms with Gasteiger partial charge in [-0.2, -0.15) is 4.52 Å². The lowest BCUT2D eigenvalue weighted by Gasteiger charge is -2.33. The number of carbonyl (C=O) groups is 1. The van der Waals surface area contributed by atoms with Crippen LogP contribution >= 0.6 is 0 Å². The third-order valence-corrected chi connectivity index (χ3v) is 6.75. The summed E-state index contributed by atoms with van der Waals surface area (Å²) in [5.74, 6) is -0.319. The Morgan fingerprint density at radius 1 is 1.17 bits per heavy atom. The van der Waals surface area contributed by atoms with Gasteiger partial charge in [0.1, 0.15) is 30.4 Å². The lowest BCUT2D eigenvalue weighted by Crippen LogP contribution is -2.48. The topological polar surface area (TPSA) is 97.5 Å². The number of alkyl halides is 2. The summed E-state index contributed by atoms with van der Waals surface area (Å²) in [5, 5.41) is 8.12. The van der Waals surface area contributed by atoms with Crippen molar-refractivity contribution in [2.75, 3.05) is 23.4 Å². The predicted octanol–water partition coefficient (Wildman–Crippen LogP) is 4.13. The first kappa shape index (κ1) is 22.7. The summed E-state index contributed by atoms with van der Waals surface area (Å²) < 4.78 is 48.6. The number of morpholine rings is 1. The van der Waals surface area contributed by atoms with Gasteiger partial charge in [0.25, 0.3) is 12.3 Å². The zero-order valence-electron chi connectivity index (χ0n) is 19.5. The Balaban J connectivity index is 1.46. The average Bonchev–Trinajstić information content (AvgIpc) is 3.48. The van der Waals surface area contributed by atoms with E-state index in [-0.39, 0.29) is 23.7 Å². The molecule has 1 amide bonds. The molecule has 3 aromatic heterocycles. The Morgan fingerprint density at radius 2 is 1.94 bits per heavy atom. The second-order valence-corrected chi connectivity index (χ2v) is 9.25. The molecular weight excluding hydrogens is 475 g/mol. The summed E-state index contributed by atoms with van der Waals surface area (Å²) >= 11 is 0. The van der Waals surface area contributed by atoms with E-state index >= 15 is 0 Å². The Hall–Kier alpha value is -3.80. The van der Waals surface area contributed by atoms with Gasteiger partial charge in [0.05, 0.1) is 34.8 Å². The molecule has 12 heteroatoms. The van der Waals surface area contributed by atoms with Crippen LogP contribution in [0.3, 0.4) is 0 Å². The molecular formula is C24H22F3N7O2. The largest absolute Gasteiger partial charge is 0.363 e. The normalized spacial score (nSPS) is 17.9. The smallest absolute Gasteiger partial charge is 0.266 e. The van der Waals surface area contributed by atoms with E-state index < -0.39 is 23.8 Å². The molecule has 1 aliphatic heterocycles. The van der Waals surface area contributed by atoms with Gasteiger partial charge < -0.3 is 15.0 Å². The highest BCUT2D eigenvalue weighted by Crippen LogP contribution is 2.44. The van der Waals surface area contributed by atoms with Gasteiger partial charge >= 0.3 is 0 Å². The first-order valence-corrected chi connectivity index (χ1v) is 11.5. The van der Waals surface area contributed by atoms with Gasteiger partial charge in [0, 0.05) is 5.56 Å². The number of aromatic nitrogens is 5. The number of carbonyl (C=O) groups excluding carboxylic acids is 1. The number of aryl methyl sites for hydroxylation is 1. The second-order valence-electron chi connectivity index (χ2n) is 9.25. The lowest BCUT2D eigenvalue weighted by molar-refractivity contribution is -0.130. The fraction of sp³-hybridized carbons (Fsp3) is 0.375. The molecule has 6 rings (SSSR count). The highest BCUT2D eigenvalue weighted by molar-refractivity contribution is 6.02. The average molecular weight is 497 g/mol. The maximum Gasteiger partial charge on any atom is 0.266 e.